The van der Waals surface area contributed by atoms with E-state index in [0.717, 1.165) is 55.4 Å². The first-order chi connectivity index (χ1) is 13.3. The summed E-state index contributed by atoms with van der Waals surface area (Å²) in [6.45, 7) is 6.26. The first kappa shape index (κ1) is 21.0. The second-order valence-corrected chi connectivity index (χ2v) is 8.95. The molecule has 1 heterocycles. The molecular weight excluding hydrogens is 356 g/mol. The lowest BCUT2D eigenvalue weighted by Gasteiger charge is -2.27. The number of aliphatic carboxylic acids is 1. The summed E-state index contributed by atoms with van der Waals surface area (Å²) in [5, 5.41) is 19.7. The summed E-state index contributed by atoms with van der Waals surface area (Å²) in [5.41, 5.74) is 1.99. The molecule has 0 bridgehead atoms. The molecule has 1 fully saturated rings. The van der Waals surface area contributed by atoms with Gasteiger partial charge in [0.15, 0.2) is 6.61 Å². The minimum absolute atomic E-state index is 0.0574. The Balaban J connectivity index is 1.97. The van der Waals surface area contributed by atoms with Crippen LogP contribution >= 0.6 is 0 Å². The summed E-state index contributed by atoms with van der Waals surface area (Å²) in [7, 11) is 0. The van der Waals surface area contributed by atoms with Crippen molar-refractivity contribution in [1.82, 2.24) is 0 Å². The van der Waals surface area contributed by atoms with Gasteiger partial charge in [0, 0.05) is 11.5 Å². The molecule has 1 aromatic carbocycles. The minimum atomic E-state index is -0.988. The third-order valence-electron chi connectivity index (χ3n) is 6.32. The quantitative estimate of drug-likeness (QED) is 0.624. The predicted octanol–water partition coefficient (Wildman–Crippen LogP) is 4.79. The van der Waals surface area contributed by atoms with Crippen molar-refractivity contribution in [3.8, 4) is 11.5 Å². The van der Waals surface area contributed by atoms with Crippen LogP contribution in [0.1, 0.15) is 89.2 Å². The molecule has 0 radical (unpaired) electrons. The molecule has 0 amide bonds. The molecule has 5 nitrogen and oxygen atoms in total. The van der Waals surface area contributed by atoms with Crippen molar-refractivity contribution >= 4 is 5.97 Å². The Morgan fingerprint density at radius 3 is 2.71 bits per heavy atom. The monoisotopic (exact) mass is 390 g/mol. The summed E-state index contributed by atoms with van der Waals surface area (Å²) in [4.78, 5) is 11.1. The smallest absolute Gasteiger partial charge is 0.341 e. The highest BCUT2D eigenvalue weighted by Gasteiger charge is 2.43. The van der Waals surface area contributed by atoms with E-state index in [1.807, 2.05) is 6.07 Å². The first-order valence-electron chi connectivity index (χ1n) is 10.7. The van der Waals surface area contributed by atoms with Crippen LogP contribution < -0.4 is 9.47 Å². The minimum Gasteiger partial charge on any atom is -0.487 e. The van der Waals surface area contributed by atoms with Gasteiger partial charge in [0.25, 0.3) is 0 Å². The SMILES string of the molecule is CCCCCC(C)(C)c1cc(OCC(=O)O)c2c(c1)OC1C(O)CCCCC21. The molecule has 0 saturated heterocycles. The van der Waals surface area contributed by atoms with Gasteiger partial charge in [-0.1, -0.05) is 52.9 Å². The van der Waals surface area contributed by atoms with E-state index in [-0.39, 0.29) is 24.0 Å². The number of rotatable bonds is 8. The van der Waals surface area contributed by atoms with E-state index in [4.69, 9.17) is 14.6 Å². The maximum Gasteiger partial charge on any atom is 0.341 e. The van der Waals surface area contributed by atoms with Crippen molar-refractivity contribution in [2.24, 2.45) is 0 Å². The van der Waals surface area contributed by atoms with E-state index in [1.165, 1.54) is 12.8 Å². The number of ether oxygens (including phenoxy) is 2. The number of unbranched alkanes of at least 4 members (excludes halogenated alkanes) is 2. The average molecular weight is 391 g/mol. The van der Waals surface area contributed by atoms with Gasteiger partial charge in [-0.2, -0.15) is 0 Å². The van der Waals surface area contributed by atoms with Gasteiger partial charge in [-0.15, -0.1) is 0 Å². The molecule has 0 aromatic heterocycles. The van der Waals surface area contributed by atoms with Gasteiger partial charge in [0.1, 0.15) is 17.6 Å². The van der Waals surface area contributed by atoms with E-state index < -0.39 is 12.1 Å². The molecule has 5 heteroatoms. The zero-order chi connectivity index (χ0) is 20.3. The lowest BCUT2D eigenvalue weighted by molar-refractivity contribution is -0.139. The van der Waals surface area contributed by atoms with Crippen LogP contribution in [0.25, 0.3) is 0 Å². The molecule has 2 aliphatic rings. The van der Waals surface area contributed by atoms with Gasteiger partial charge in [-0.05, 0) is 42.4 Å². The molecule has 1 aliphatic heterocycles. The highest BCUT2D eigenvalue weighted by atomic mass is 16.5. The van der Waals surface area contributed by atoms with Crippen LogP contribution in [-0.2, 0) is 10.2 Å². The third-order valence-corrected chi connectivity index (χ3v) is 6.32. The van der Waals surface area contributed by atoms with E-state index in [9.17, 15) is 9.90 Å². The molecule has 1 aliphatic carbocycles. The van der Waals surface area contributed by atoms with Gasteiger partial charge in [-0.25, -0.2) is 4.79 Å². The third kappa shape index (κ3) is 4.45. The number of hydrogen-bond donors (Lipinski definition) is 2. The number of carboxylic acid groups (broad SMARTS) is 1. The first-order valence-corrected chi connectivity index (χ1v) is 10.7. The van der Waals surface area contributed by atoms with Gasteiger partial charge < -0.3 is 19.7 Å². The largest absolute Gasteiger partial charge is 0.487 e. The van der Waals surface area contributed by atoms with Crippen molar-refractivity contribution in [2.75, 3.05) is 6.61 Å². The number of aliphatic hydroxyl groups excluding tert-OH is 1. The molecule has 1 saturated carbocycles. The van der Waals surface area contributed by atoms with Crippen LogP contribution in [0.4, 0.5) is 0 Å². The summed E-state index contributed by atoms with van der Waals surface area (Å²) in [6.07, 6.45) is 7.51. The highest BCUT2D eigenvalue weighted by molar-refractivity contribution is 5.69. The molecular formula is C23H34O5. The summed E-state index contributed by atoms with van der Waals surface area (Å²) < 4.78 is 12.0. The Morgan fingerprint density at radius 1 is 1.25 bits per heavy atom. The fourth-order valence-corrected chi connectivity index (χ4v) is 4.61. The van der Waals surface area contributed by atoms with Crippen LogP contribution in [0.2, 0.25) is 0 Å². The standard InChI is InChI=1S/C23H34O5/c1-4-5-8-11-23(2,3)15-12-18(27-14-20(25)26)21-16-9-6-7-10-17(24)22(16)28-19(21)13-15/h12-13,16-17,22,24H,4-11,14H2,1-3H3,(H,25,26). The topological polar surface area (TPSA) is 76.0 Å². The van der Waals surface area contributed by atoms with Crippen LogP contribution in [0.5, 0.6) is 11.5 Å². The van der Waals surface area contributed by atoms with Crippen molar-refractivity contribution in [1.29, 1.82) is 0 Å². The summed E-state index contributed by atoms with van der Waals surface area (Å²) >= 11 is 0. The van der Waals surface area contributed by atoms with Crippen LogP contribution in [0.15, 0.2) is 12.1 Å². The number of benzene rings is 1. The van der Waals surface area contributed by atoms with Crippen molar-refractivity contribution in [2.45, 2.75) is 95.7 Å². The molecule has 2 N–H and O–H groups in total. The van der Waals surface area contributed by atoms with Gasteiger partial charge in [0.2, 0.25) is 0 Å². The van der Waals surface area contributed by atoms with E-state index in [0.29, 0.717) is 5.75 Å². The molecule has 0 spiro atoms. The zero-order valence-electron chi connectivity index (χ0n) is 17.4. The normalized spacial score (nSPS) is 24.1. The number of fused-ring (bicyclic) bond motifs is 3. The van der Waals surface area contributed by atoms with E-state index in [2.05, 4.69) is 26.8 Å². The Hall–Kier alpha value is -1.75. The Bertz CT molecular complexity index is 696. The van der Waals surface area contributed by atoms with E-state index >= 15 is 0 Å². The molecule has 3 rings (SSSR count). The maximum absolute atomic E-state index is 11.1. The molecule has 1 aromatic rings. The van der Waals surface area contributed by atoms with Crippen molar-refractivity contribution in [3.63, 3.8) is 0 Å². The molecule has 3 atom stereocenters. The number of hydrogen-bond acceptors (Lipinski definition) is 4. The fraction of sp³-hybridized carbons (Fsp3) is 0.696. The molecule has 28 heavy (non-hydrogen) atoms. The lowest BCUT2D eigenvalue weighted by atomic mass is 9.78. The Morgan fingerprint density at radius 2 is 2.00 bits per heavy atom. The number of carboxylic acids is 1. The fourth-order valence-electron chi connectivity index (χ4n) is 4.61. The van der Waals surface area contributed by atoms with Crippen LogP contribution in [-0.4, -0.2) is 35.0 Å². The van der Waals surface area contributed by atoms with Crippen LogP contribution in [0, 0.1) is 0 Å². The second kappa shape index (κ2) is 8.73. The maximum atomic E-state index is 11.1. The predicted molar refractivity (Wildman–Crippen MR) is 108 cm³/mol. The Kier molecular flexibility index (Phi) is 6.54. The van der Waals surface area contributed by atoms with Gasteiger partial charge >= 0.3 is 5.97 Å². The second-order valence-electron chi connectivity index (χ2n) is 8.95. The summed E-state index contributed by atoms with van der Waals surface area (Å²) in [5.74, 6) is 0.448. The van der Waals surface area contributed by atoms with Crippen LogP contribution in [0.3, 0.4) is 0 Å². The molecule has 156 valence electrons. The highest BCUT2D eigenvalue weighted by Crippen LogP contribution is 2.51. The number of carbonyl (C=O) groups is 1. The molecule has 3 unspecified atom stereocenters. The van der Waals surface area contributed by atoms with E-state index in [1.54, 1.807) is 0 Å². The average Bonchev–Trinajstić information content (AvgIpc) is 2.92. The van der Waals surface area contributed by atoms with Crippen molar-refractivity contribution in [3.05, 3.63) is 23.3 Å². The van der Waals surface area contributed by atoms with Gasteiger partial charge in [0.05, 0.1) is 6.10 Å². The van der Waals surface area contributed by atoms with Gasteiger partial charge in [-0.3, -0.25) is 0 Å². The Labute approximate surface area is 168 Å². The number of aliphatic hydroxyl groups is 1. The lowest BCUT2D eigenvalue weighted by Crippen LogP contribution is -2.31. The van der Waals surface area contributed by atoms with Crippen molar-refractivity contribution < 1.29 is 24.5 Å². The summed E-state index contributed by atoms with van der Waals surface area (Å²) in [6, 6.07) is 4.10. The zero-order valence-corrected chi connectivity index (χ0v) is 17.4.